The fraction of sp³-hybridized carbons (Fsp3) is 0.385. The Morgan fingerprint density at radius 2 is 2.14 bits per heavy atom. The van der Waals surface area contributed by atoms with Gasteiger partial charge in [-0.25, -0.2) is 4.79 Å². The molecule has 0 radical (unpaired) electrons. The number of halogens is 4. The minimum absolute atomic E-state index is 0.00616. The summed E-state index contributed by atoms with van der Waals surface area (Å²) < 4.78 is 43.1. The van der Waals surface area contributed by atoms with Crippen LogP contribution in [0.25, 0.3) is 0 Å². The van der Waals surface area contributed by atoms with Crippen molar-refractivity contribution < 1.29 is 27.8 Å². The predicted octanol–water partition coefficient (Wildman–Crippen LogP) is 2.85. The maximum Gasteiger partial charge on any atom is 0.416 e. The molecule has 1 aromatic carbocycles. The number of anilines is 1. The smallest absolute Gasteiger partial charge is 0.416 e. The molecule has 0 unspecified atom stereocenters. The number of ether oxygens (including phenoxy) is 1. The molecule has 0 aliphatic carbocycles. The topological polar surface area (TPSA) is 73.6 Å². The highest BCUT2D eigenvalue weighted by atomic mass is 35.5. The van der Waals surface area contributed by atoms with Gasteiger partial charge in [0.05, 0.1) is 10.6 Å². The molecule has 1 aliphatic rings. The Morgan fingerprint density at radius 3 is 2.64 bits per heavy atom. The maximum absolute atomic E-state index is 12.8. The van der Waals surface area contributed by atoms with Gasteiger partial charge in [-0.1, -0.05) is 11.6 Å². The molecular weight excluding hydrogens is 325 g/mol. The lowest BCUT2D eigenvalue weighted by Crippen LogP contribution is -2.51. The summed E-state index contributed by atoms with van der Waals surface area (Å²) in [5.74, 6) is 0. The number of aliphatic hydroxyl groups is 1. The average molecular weight is 335 g/mol. The van der Waals surface area contributed by atoms with Gasteiger partial charge in [-0.2, -0.15) is 18.4 Å². The number of hydrogen-bond acceptors (Lipinski definition) is 4. The molecule has 1 saturated heterocycles. The van der Waals surface area contributed by atoms with Crippen molar-refractivity contribution in [2.75, 3.05) is 4.90 Å². The Labute approximate surface area is 128 Å². The van der Waals surface area contributed by atoms with E-state index in [9.17, 15) is 23.1 Å². The summed E-state index contributed by atoms with van der Waals surface area (Å²) in [6.07, 6.45) is -9.88. The Kier molecular flexibility index (Phi) is 4.22. The molecule has 9 heteroatoms. The molecule has 3 atom stereocenters. The summed E-state index contributed by atoms with van der Waals surface area (Å²) >= 11 is 5.82. The van der Waals surface area contributed by atoms with Crippen LogP contribution in [0.15, 0.2) is 18.2 Å². The van der Waals surface area contributed by atoms with Crippen molar-refractivity contribution >= 4 is 23.4 Å². The van der Waals surface area contributed by atoms with E-state index in [0.717, 1.165) is 0 Å². The van der Waals surface area contributed by atoms with Gasteiger partial charge in [0.1, 0.15) is 18.2 Å². The molecule has 1 N–H and O–H groups in total. The van der Waals surface area contributed by atoms with Crippen LogP contribution in [0.3, 0.4) is 0 Å². The summed E-state index contributed by atoms with van der Waals surface area (Å²) in [6, 6.07) is 3.86. The molecule has 0 aromatic heterocycles. The van der Waals surface area contributed by atoms with Crippen LogP contribution in [0.1, 0.15) is 12.5 Å². The first-order valence-corrected chi connectivity index (χ1v) is 6.49. The number of nitriles is 1. The normalized spacial score (nSPS) is 23.1. The van der Waals surface area contributed by atoms with Gasteiger partial charge in [0, 0.05) is 5.69 Å². The third kappa shape index (κ3) is 2.82. The van der Waals surface area contributed by atoms with Gasteiger partial charge in [-0.05, 0) is 25.1 Å². The van der Waals surface area contributed by atoms with Gasteiger partial charge in [0.15, 0.2) is 6.10 Å². The van der Waals surface area contributed by atoms with E-state index in [0.29, 0.717) is 4.90 Å². The van der Waals surface area contributed by atoms with Gasteiger partial charge in [-0.3, -0.25) is 4.90 Å². The zero-order valence-corrected chi connectivity index (χ0v) is 11.9. The summed E-state index contributed by atoms with van der Waals surface area (Å²) in [6.45, 7) is 1.25. The van der Waals surface area contributed by atoms with E-state index in [1.165, 1.54) is 25.1 Å². The number of nitrogens with zero attached hydrogens (tertiary/aromatic N) is 2. The molecule has 1 fully saturated rings. The van der Waals surface area contributed by atoms with E-state index >= 15 is 0 Å². The molecule has 0 bridgehead atoms. The van der Waals surface area contributed by atoms with Crippen LogP contribution in [0.5, 0.6) is 0 Å². The van der Waals surface area contributed by atoms with E-state index in [4.69, 9.17) is 21.6 Å². The lowest BCUT2D eigenvalue weighted by atomic mass is 10.0. The molecule has 5 nitrogen and oxygen atoms in total. The minimum Gasteiger partial charge on any atom is -0.444 e. The van der Waals surface area contributed by atoms with Gasteiger partial charge >= 0.3 is 12.3 Å². The van der Waals surface area contributed by atoms with Crippen molar-refractivity contribution in [3.05, 3.63) is 28.8 Å². The molecule has 1 amide bonds. The Balaban J connectivity index is 2.44. The molecule has 22 heavy (non-hydrogen) atoms. The van der Waals surface area contributed by atoms with Crippen molar-refractivity contribution in [2.45, 2.75) is 31.3 Å². The van der Waals surface area contributed by atoms with Crippen LogP contribution in [0.2, 0.25) is 5.02 Å². The molecule has 1 aliphatic heterocycles. The Morgan fingerprint density at radius 1 is 1.50 bits per heavy atom. The van der Waals surface area contributed by atoms with E-state index in [1.807, 2.05) is 0 Å². The van der Waals surface area contributed by atoms with Crippen LogP contribution in [-0.2, 0) is 4.74 Å². The number of aliphatic hydroxyl groups excluding tert-OH is 1. The van der Waals surface area contributed by atoms with Crippen molar-refractivity contribution in [3.8, 4) is 6.07 Å². The third-order valence-electron chi connectivity index (χ3n) is 3.27. The highest BCUT2D eigenvalue weighted by Crippen LogP contribution is 2.35. The van der Waals surface area contributed by atoms with Crippen LogP contribution in [0, 0.1) is 11.3 Å². The number of hydrogen-bond donors (Lipinski definition) is 1. The molecule has 0 saturated carbocycles. The summed E-state index contributed by atoms with van der Waals surface area (Å²) in [7, 11) is 0. The number of rotatable bonds is 2. The van der Waals surface area contributed by atoms with Gasteiger partial charge in [0.25, 0.3) is 0 Å². The number of carbonyl (C=O) groups excluding carboxylic acids is 1. The summed E-state index contributed by atoms with van der Waals surface area (Å²) in [4.78, 5) is 12.5. The quantitative estimate of drug-likeness (QED) is 0.902. The minimum atomic E-state index is -4.92. The first kappa shape index (κ1) is 16.4. The summed E-state index contributed by atoms with van der Waals surface area (Å²) in [5.41, 5.74) is 0.116. The fourth-order valence-electron chi connectivity index (χ4n) is 2.23. The third-order valence-corrected chi connectivity index (χ3v) is 3.59. The number of cyclic esters (lactones) is 1. The van der Waals surface area contributed by atoms with Crippen molar-refractivity contribution in [1.82, 2.24) is 0 Å². The summed E-state index contributed by atoms with van der Waals surface area (Å²) in [5, 5.41) is 18.3. The first-order chi connectivity index (χ1) is 10.2. The number of amides is 1. The van der Waals surface area contributed by atoms with E-state index in [2.05, 4.69) is 0 Å². The Hall–Kier alpha value is -1.98. The standard InChI is InChI=1S/C13H10ClF3N2O3/c1-6-10(11(20)13(15,16)17)19(12(21)22-6)8-3-2-7(5-18)9(14)4-8/h2-4,6,10-11,20H,1H3/t6-,10+,11+/m0/s1. The zero-order valence-electron chi connectivity index (χ0n) is 11.1. The van der Waals surface area contributed by atoms with Crippen LogP contribution < -0.4 is 4.90 Å². The molecule has 1 heterocycles. The Bertz CT molecular complexity index is 644. The van der Waals surface area contributed by atoms with Crippen LogP contribution in [0.4, 0.5) is 23.7 Å². The number of benzene rings is 1. The first-order valence-electron chi connectivity index (χ1n) is 6.11. The second-order valence-corrected chi connectivity index (χ2v) is 5.12. The molecule has 0 spiro atoms. The van der Waals surface area contributed by atoms with Crippen molar-refractivity contribution in [3.63, 3.8) is 0 Å². The monoisotopic (exact) mass is 334 g/mol. The number of alkyl halides is 3. The van der Waals surface area contributed by atoms with E-state index in [1.54, 1.807) is 6.07 Å². The van der Waals surface area contributed by atoms with Crippen molar-refractivity contribution in [2.24, 2.45) is 0 Å². The zero-order chi connectivity index (χ0) is 16.7. The SMILES string of the molecule is C[C@@H]1OC(=O)N(c2ccc(C#N)c(Cl)c2)[C@H]1[C@@H](O)C(F)(F)F. The largest absolute Gasteiger partial charge is 0.444 e. The predicted molar refractivity (Wildman–Crippen MR) is 70.4 cm³/mol. The molecule has 2 rings (SSSR count). The lowest BCUT2D eigenvalue weighted by Gasteiger charge is -2.29. The second kappa shape index (κ2) is 5.66. The average Bonchev–Trinajstić information content (AvgIpc) is 2.71. The van der Waals surface area contributed by atoms with Crippen molar-refractivity contribution in [1.29, 1.82) is 5.26 Å². The van der Waals surface area contributed by atoms with E-state index < -0.39 is 30.5 Å². The van der Waals surface area contributed by atoms with E-state index in [-0.39, 0.29) is 16.3 Å². The van der Waals surface area contributed by atoms with Gasteiger partial charge in [0.2, 0.25) is 0 Å². The second-order valence-electron chi connectivity index (χ2n) is 4.71. The fourth-order valence-corrected chi connectivity index (χ4v) is 2.45. The number of carbonyl (C=O) groups is 1. The molecule has 1 aromatic rings. The lowest BCUT2D eigenvalue weighted by molar-refractivity contribution is -0.212. The van der Waals surface area contributed by atoms with Gasteiger partial charge < -0.3 is 9.84 Å². The highest BCUT2D eigenvalue weighted by Gasteiger charge is 2.54. The van der Waals surface area contributed by atoms with Crippen LogP contribution >= 0.6 is 11.6 Å². The highest BCUT2D eigenvalue weighted by molar-refractivity contribution is 6.32. The molecule has 118 valence electrons. The molecular formula is C13H10ClF3N2O3. The van der Waals surface area contributed by atoms with Gasteiger partial charge in [-0.15, -0.1) is 0 Å². The van der Waals surface area contributed by atoms with Crippen LogP contribution in [-0.4, -0.2) is 35.6 Å². The maximum atomic E-state index is 12.8.